The van der Waals surface area contributed by atoms with Crippen LogP contribution in [0.4, 0.5) is 0 Å². The minimum absolute atomic E-state index is 0.159. The van der Waals surface area contributed by atoms with Gasteiger partial charge in [0.05, 0.1) is 5.02 Å². The molecule has 22 heavy (non-hydrogen) atoms. The third-order valence-electron chi connectivity index (χ3n) is 3.32. The summed E-state index contributed by atoms with van der Waals surface area (Å²) in [4.78, 5) is 15.7. The predicted molar refractivity (Wildman–Crippen MR) is 91.1 cm³/mol. The summed E-state index contributed by atoms with van der Waals surface area (Å²) < 4.78 is 0. The summed E-state index contributed by atoms with van der Waals surface area (Å²) in [7, 11) is 0. The molecule has 2 nitrogen and oxygen atoms in total. The normalized spacial score (nSPS) is 10.7. The zero-order valence-electron chi connectivity index (χ0n) is 11.2. The first-order chi connectivity index (χ1) is 10.6. The Morgan fingerprint density at radius 3 is 2.18 bits per heavy atom. The molecule has 0 aliphatic heterocycles. The van der Waals surface area contributed by atoms with Gasteiger partial charge in [0.15, 0.2) is 5.78 Å². The van der Waals surface area contributed by atoms with E-state index in [2.05, 4.69) is 4.98 Å². The van der Waals surface area contributed by atoms with Gasteiger partial charge in [-0.2, -0.15) is 0 Å². The van der Waals surface area contributed by atoms with Crippen molar-refractivity contribution in [2.45, 2.75) is 0 Å². The van der Waals surface area contributed by atoms with E-state index in [0.29, 0.717) is 26.2 Å². The van der Waals surface area contributed by atoms with Crippen LogP contribution in [0.1, 0.15) is 15.9 Å². The monoisotopic (exact) mass is 349 g/mol. The number of carbonyl (C=O) groups excluding carboxylic acids is 1. The lowest BCUT2D eigenvalue weighted by atomic mass is 9.98. The lowest BCUT2D eigenvalue weighted by Gasteiger charge is -2.06. The number of aromatic amines is 1. The van der Waals surface area contributed by atoms with E-state index < -0.39 is 0 Å². The zero-order valence-corrected chi connectivity index (χ0v) is 13.5. The molecule has 0 spiro atoms. The van der Waals surface area contributed by atoms with Gasteiger partial charge in [-0.3, -0.25) is 4.79 Å². The molecule has 0 atom stereocenters. The summed E-state index contributed by atoms with van der Waals surface area (Å²) in [6.45, 7) is 0. The van der Waals surface area contributed by atoms with Crippen LogP contribution in [0.15, 0.2) is 54.9 Å². The third-order valence-corrected chi connectivity index (χ3v) is 4.12. The molecular formula is C17H10Cl3NO. The van der Waals surface area contributed by atoms with Crippen LogP contribution in [0.3, 0.4) is 0 Å². The van der Waals surface area contributed by atoms with E-state index >= 15 is 0 Å². The minimum Gasteiger partial charge on any atom is -0.366 e. The number of hydrogen-bond acceptors (Lipinski definition) is 1. The van der Waals surface area contributed by atoms with Crippen molar-refractivity contribution in [2.24, 2.45) is 0 Å². The average molecular weight is 351 g/mol. The summed E-state index contributed by atoms with van der Waals surface area (Å²) in [5, 5.41) is 1.47. The fraction of sp³-hybridized carbons (Fsp3) is 0. The van der Waals surface area contributed by atoms with Crippen LogP contribution < -0.4 is 0 Å². The van der Waals surface area contributed by atoms with Gasteiger partial charge < -0.3 is 4.98 Å². The van der Waals surface area contributed by atoms with Gasteiger partial charge in [0.25, 0.3) is 0 Å². The molecule has 0 saturated heterocycles. The lowest BCUT2D eigenvalue weighted by Crippen LogP contribution is -2.02. The number of benzene rings is 2. The molecule has 2 aromatic carbocycles. The van der Waals surface area contributed by atoms with Crippen LogP contribution in [0.5, 0.6) is 0 Å². The van der Waals surface area contributed by atoms with Crippen LogP contribution in [-0.2, 0) is 0 Å². The first-order valence-electron chi connectivity index (χ1n) is 6.49. The lowest BCUT2D eigenvalue weighted by molar-refractivity contribution is 0.103. The Morgan fingerprint density at radius 1 is 0.818 bits per heavy atom. The molecule has 3 aromatic rings. The number of hydrogen-bond donors (Lipinski definition) is 1. The predicted octanol–water partition coefficient (Wildman–Crippen LogP) is 5.87. The van der Waals surface area contributed by atoms with Crippen molar-refractivity contribution in [3.8, 4) is 11.1 Å². The second kappa shape index (κ2) is 6.17. The molecule has 0 unspecified atom stereocenters. The van der Waals surface area contributed by atoms with Crippen LogP contribution in [-0.4, -0.2) is 10.8 Å². The van der Waals surface area contributed by atoms with E-state index in [1.165, 1.54) is 0 Å². The molecule has 0 fully saturated rings. The van der Waals surface area contributed by atoms with Gasteiger partial charge in [-0.15, -0.1) is 0 Å². The van der Waals surface area contributed by atoms with E-state index in [1.807, 2.05) is 12.1 Å². The average Bonchev–Trinajstić information content (AvgIpc) is 2.97. The smallest absolute Gasteiger partial charge is 0.196 e. The van der Waals surface area contributed by atoms with E-state index in [9.17, 15) is 4.79 Å². The topological polar surface area (TPSA) is 32.9 Å². The number of rotatable bonds is 3. The van der Waals surface area contributed by atoms with Crippen LogP contribution in [0, 0.1) is 0 Å². The molecule has 0 bridgehead atoms. The van der Waals surface area contributed by atoms with Crippen molar-refractivity contribution >= 4 is 40.6 Å². The van der Waals surface area contributed by atoms with Crippen LogP contribution in [0.2, 0.25) is 15.1 Å². The SMILES string of the molecule is O=C(c1ccc(Cl)cc1Cl)c1c[nH]cc1-c1ccc(Cl)cc1. The van der Waals surface area contributed by atoms with E-state index in [-0.39, 0.29) is 5.78 Å². The second-order valence-electron chi connectivity index (χ2n) is 4.74. The van der Waals surface area contributed by atoms with Gasteiger partial charge in [-0.05, 0) is 35.9 Å². The zero-order chi connectivity index (χ0) is 15.7. The van der Waals surface area contributed by atoms with E-state index in [0.717, 1.165) is 11.1 Å². The quantitative estimate of drug-likeness (QED) is 0.588. The maximum atomic E-state index is 12.7. The van der Waals surface area contributed by atoms with Crippen LogP contribution >= 0.6 is 34.8 Å². The van der Waals surface area contributed by atoms with Crippen molar-refractivity contribution in [2.75, 3.05) is 0 Å². The van der Waals surface area contributed by atoms with Crippen molar-refractivity contribution in [3.63, 3.8) is 0 Å². The van der Waals surface area contributed by atoms with E-state index in [1.54, 1.807) is 42.7 Å². The fourth-order valence-electron chi connectivity index (χ4n) is 2.24. The van der Waals surface area contributed by atoms with Crippen molar-refractivity contribution < 1.29 is 4.79 Å². The Labute approximate surface area is 142 Å². The highest BCUT2D eigenvalue weighted by Crippen LogP contribution is 2.29. The molecule has 0 saturated carbocycles. The second-order valence-corrected chi connectivity index (χ2v) is 6.02. The molecule has 0 radical (unpaired) electrons. The van der Waals surface area contributed by atoms with Gasteiger partial charge in [-0.25, -0.2) is 0 Å². The maximum Gasteiger partial charge on any atom is 0.196 e. The number of halogens is 3. The summed E-state index contributed by atoms with van der Waals surface area (Å²) >= 11 is 17.9. The standard InChI is InChI=1S/C17H10Cl3NO/c18-11-3-1-10(2-4-11)14-8-21-9-15(14)17(22)13-6-5-12(19)7-16(13)20/h1-9,21H. The Kier molecular flexibility index (Phi) is 4.25. The van der Waals surface area contributed by atoms with Crippen molar-refractivity contribution in [1.29, 1.82) is 0 Å². The first-order valence-corrected chi connectivity index (χ1v) is 7.62. The largest absolute Gasteiger partial charge is 0.366 e. The Balaban J connectivity index is 2.04. The Hall–Kier alpha value is -1.74. The molecule has 110 valence electrons. The number of carbonyl (C=O) groups is 1. The molecule has 0 amide bonds. The number of H-pyrrole nitrogens is 1. The summed E-state index contributed by atoms with van der Waals surface area (Å²) in [5.74, 6) is -0.159. The molecule has 0 aliphatic rings. The molecular weight excluding hydrogens is 341 g/mol. The summed E-state index contributed by atoms with van der Waals surface area (Å²) in [6, 6.07) is 12.1. The highest BCUT2D eigenvalue weighted by molar-refractivity contribution is 6.37. The van der Waals surface area contributed by atoms with Gasteiger partial charge in [-0.1, -0.05) is 46.9 Å². The first kappa shape index (κ1) is 15.2. The molecule has 1 aromatic heterocycles. The van der Waals surface area contributed by atoms with Crippen molar-refractivity contribution in [1.82, 2.24) is 4.98 Å². The molecule has 5 heteroatoms. The van der Waals surface area contributed by atoms with Crippen LogP contribution in [0.25, 0.3) is 11.1 Å². The fourth-order valence-corrected chi connectivity index (χ4v) is 2.86. The Bertz CT molecular complexity index is 837. The molecule has 0 aliphatic carbocycles. The highest BCUT2D eigenvalue weighted by Gasteiger charge is 2.18. The number of ketones is 1. The Morgan fingerprint density at radius 2 is 1.50 bits per heavy atom. The summed E-state index contributed by atoms with van der Waals surface area (Å²) in [5.41, 5.74) is 2.67. The highest BCUT2D eigenvalue weighted by atomic mass is 35.5. The summed E-state index contributed by atoms with van der Waals surface area (Å²) in [6.07, 6.45) is 3.44. The third kappa shape index (κ3) is 2.91. The molecule has 1 N–H and O–H groups in total. The number of nitrogens with one attached hydrogen (secondary N) is 1. The van der Waals surface area contributed by atoms with Crippen molar-refractivity contribution in [3.05, 3.63) is 81.1 Å². The van der Waals surface area contributed by atoms with E-state index in [4.69, 9.17) is 34.8 Å². The van der Waals surface area contributed by atoms with Gasteiger partial charge in [0.2, 0.25) is 0 Å². The van der Waals surface area contributed by atoms with Gasteiger partial charge >= 0.3 is 0 Å². The number of aromatic nitrogens is 1. The minimum atomic E-state index is -0.159. The maximum absolute atomic E-state index is 12.7. The van der Waals surface area contributed by atoms with Gasteiger partial charge in [0, 0.05) is 39.1 Å². The van der Waals surface area contributed by atoms with Gasteiger partial charge in [0.1, 0.15) is 0 Å². The molecule has 1 heterocycles. The molecule has 3 rings (SSSR count).